The van der Waals surface area contributed by atoms with E-state index in [1.54, 1.807) is 12.1 Å². The minimum Gasteiger partial charge on any atom is -0.267 e. The third-order valence-electron chi connectivity index (χ3n) is 3.06. The molecule has 108 valence electrons. The highest BCUT2D eigenvalue weighted by molar-refractivity contribution is 9.10. The molecule has 0 aliphatic rings. The van der Waals surface area contributed by atoms with Crippen molar-refractivity contribution in [3.8, 4) is 0 Å². The molecule has 2 rings (SSSR count). The Bertz CT molecular complexity index is 638. The van der Waals surface area contributed by atoms with Crippen molar-refractivity contribution < 1.29 is 4.79 Å². The first kappa shape index (κ1) is 15.4. The number of carbonyl (C=O) groups excluding carboxylic acids is 1. The molecule has 0 radical (unpaired) electrons. The van der Waals surface area contributed by atoms with E-state index >= 15 is 0 Å². The molecule has 1 amide bonds. The van der Waals surface area contributed by atoms with Crippen LogP contribution in [0.25, 0.3) is 0 Å². The summed E-state index contributed by atoms with van der Waals surface area (Å²) in [5.41, 5.74) is 5.35. The lowest BCUT2D eigenvalue weighted by Crippen LogP contribution is -2.20. The molecule has 4 heteroatoms. The minimum atomic E-state index is -0.199. The molecule has 0 saturated carbocycles. The van der Waals surface area contributed by atoms with E-state index in [9.17, 15) is 4.79 Å². The quantitative estimate of drug-likeness (QED) is 0.641. The summed E-state index contributed by atoms with van der Waals surface area (Å²) in [6, 6.07) is 17.3. The number of carbonyl (C=O) groups is 1. The van der Waals surface area contributed by atoms with Crippen LogP contribution in [0.15, 0.2) is 64.2 Å². The Morgan fingerprint density at radius 2 is 1.90 bits per heavy atom. The lowest BCUT2D eigenvalue weighted by atomic mass is 10.1. The summed E-state index contributed by atoms with van der Waals surface area (Å²) in [6.07, 6.45) is 1.55. The first-order chi connectivity index (χ1) is 10.2. The predicted octanol–water partition coefficient (Wildman–Crippen LogP) is 4.19. The van der Waals surface area contributed by atoms with Gasteiger partial charge in [0.2, 0.25) is 0 Å². The van der Waals surface area contributed by atoms with Gasteiger partial charge in [0.05, 0.1) is 0 Å². The molecule has 0 atom stereocenters. The number of nitrogens with one attached hydrogen (secondary N) is 1. The van der Waals surface area contributed by atoms with Crippen LogP contribution in [-0.4, -0.2) is 11.6 Å². The molecule has 0 spiro atoms. The van der Waals surface area contributed by atoms with Crippen molar-refractivity contribution in [2.75, 3.05) is 0 Å². The van der Waals surface area contributed by atoms with Gasteiger partial charge in [0, 0.05) is 22.2 Å². The van der Waals surface area contributed by atoms with E-state index in [1.165, 1.54) is 5.56 Å². The molecule has 0 fully saturated rings. The molecule has 2 aromatic carbocycles. The van der Waals surface area contributed by atoms with Crippen molar-refractivity contribution in [1.82, 2.24) is 5.43 Å². The zero-order valence-corrected chi connectivity index (χ0v) is 13.4. The Kier molecular flexibility index (Phi) is 5.69. The van der Waals surface area contributed by atoms with Crippen LogP contribution in [0.4, 0.5) is 0 Å². The summed E-state index contributed by atoms with van der Waals surface area (Å²) in [4.78, 5) is 12.0. The second-order valence-corrected chi connectivity index (χ2v) is 5.56. The second-order valence-electron chi connectivity index (χ2n) is 4.65. The topological polar surface area (TPSA) is 41.5 Å². The highest BCUT2D eigenvalue weighted by atomic mass is 79.9. The summed E-state index contributed by atoms with van der Waals surface area (Å²) in [6.45, 7) is 2.03. The highest BCUT2D eigenvalue weighted by Gasteiger charge is 2.05. The average molecular weight is 345 g/mol. The molecule has 0 bridgehead atoms. The molecule has 0 aliphatic carbocycles. The molecular weight excluding hydrogens is 328 g/mol. The summed E-state index contributed by atoms with van der Waals surface area (Å²) in [7, 11) is 0. The maximum atomic E-state index is 12.0. The van der Waals surface area contributed by atoms with Gasteiger partial charge in [-0.2, -0.15) is 5.10 Å². The van der Waals surface area contributed by atoms with Crippen LogP contribution in [0.3, 0.4) is 0 Å². The molecule has 2 aromatic rings. The molecule has 21 heavy (non-hydrogen) atoms. The SMILES string of the molecule is CC/C(Cc1ccccc1)=N/NC(=O)c1cccc(Br)c1. The van der Waals surface area contributed by atoms with Crippen LogP contribution in [-0.2, 0) is 6.42 Å². The van der Waals surface area contributed by atoms with Gasteiger partial charge in [0.15, 0.2) is 0 Å². The monoisotopic (exact) mass is 344 g/mol. The van der Waals surface area contributed by atoms with Gasteiger partial charge in [-0.05, 0) is 30.2 Å². The summed E-state index contributed by atoms with van der Waals surface area (Å²) in [5.74, 6) is -0.199. The van der Waals surface area contributed by atoms with Crippen molar-refractivity contribution in [3.63, 3.8) is 0 Å². The number of hydrazone groups is 1. The lowest BCUT2D eigenvalue weighted by molar-refractivity contribution is 0.0954. The van der Waals surface area contributed by atoms with E-state index in [0.29, 0.717) is 5.56 Å². The molecule has 0 saturated heterocycles. The summed E-state index contributed by atoms with van der Waals surface area (Å²) in [5, 5.41) is 4.25. The Labute approximate surface area is 133 Å². The van der Waals surface area contributed by atoms with Crippen LogP contribution in [0.1, 0.15) is 29.3 Å². The fourth-order valence-electron chi connectivity index (χ4n) is 1.90. The number of rotatable bonds is 5. The van der Waals surface area contributed by atoms with E-state index in [4.69, 9.17) is 0 Å². The standard InChI is InChI=1S/C17H17BrN2O/c1-2-16(11-13-7-4-3-5-8-13)19-20-17(21)14-9-6-10-15(18)12-14/h3-10,12H,2,11H2,1H3,(H,20,21)/b19-16-. The van der Waals surface area contributed by atoms with Crippen LogP contribution >= 0.6 is 15.9 Å². The summed E-state index contributed by atoms with van der Waals surface area (Å²) < 4.78 is 0.874. The van der Waals surface area contributed by atoms with Gasteiger partial charge in [-0.15, -0.1) is 0 Å². The first-order valence-corrected chi connectivity index (χ1v) is 7.63. The minimum absolute atomic E-state index is 0.199. The van der Waals surface area contributed by atoms with E-state index in [1.807, 2.05) is 37.3 Å². The van der Waals surface area contributed by atoms with Gasteiger partial charge in [-0.1, -0.05) is 59.3 Å². The molecule has 3 nitrogen and oxygen atoms in total. The largest absolute Gasteiger partial charge is 0.271 e. The maximum absolute atomic E-state index is 12.0. The van der Waals surface area contributed by atoms with Gasteiger partial charge >= 0.3 is 0 Å². The average Bonchev–Trinajstić information content (AvgIpc) is 2.52. The van der Waals surface area contributed by atoms with Crippen LogP contribution in [0, 0.1) is 0 Å². The van der Waals surface area contributed by atoms with E-state index in [2.05, 4.69) is 38.6 Å². The molecule has 0 unspecified atom stereocenters. The number of hydrogen-bond donors (Lipinski definition) is 1. The second kappa shape index (κ2) is 7.74. The number of benzene rings is 2. The van der Waals surface area contributed by atoms with E-state index in [0.717, 1.165) is 23.0 Å². The van der Waals surface area contributed by atoms with Crippen molar-refractivity contribution in [1.29, 1.82) is 0 Å². The zero-order chi connectivity index (χ0) is 15.1. The van der Waals surface area contributed by atoms with Crippen LogP contribution in [0.2, 0.25) is 0 Å². The Hall–Kier alpha value is -1.94. The van der Waals surface area contributed by atoms with Gasteiger partial charge in [-0.25, -0.2) is 5.43 Å². The van der Waals surface area contributed by atoms with Gasteiger partial charge in [0.25, 0.3) is 5.91 Å². The Balaban J connectivity index is 2.02. The first-order valence-electron chi connectivity index (χ1n) is 6.84. The number of hydrogen-bond acceptors (Lipinski definition) is 2. The Morgan fingerprint density at radius 3 is 2.57 bits per heavy atom. The Morgan fingerprint density at radius 1 is 1.14 bits per heavy atom. The molecule has 1 N–H and O–H groups in total. The normalized spacial score (nSPS) is 11.2. The number of amides is 1. The molecule has 0 heterocycles. The zero-order valence-electron chi connectivity index (χ0n) is 11.8. The van der Waals surface area contributed by atoms with Crippen molar-refractivity contribution >= 4 is 27.5 Å². The van der Waals surface area contributed by atoms with Gasteiger partial charge in [-0.3, -0.25) is 4.79 Å². The summed E-state index contributed by atoms with van der Waals surface area (Å²) >= 11 is 3.35. The number of nitrogens with zero attached hydrogens (tertiary/aromatic N) is 1. The van der Waals surface area contributed by atoms with Crippen molar-refractivity contribution in [2.45, 2.75) is 19.8 Å². The molecule has 0 aliphatic heterocycles. The molecule has 0 aromatic heterocycles. The third kappa shape index (κ3) is 4.83. The fourth-order valence-corrected chi connectivity index (χ4v) is 2.30. The van der Waals surface area contributed by atoms with Crippen LogP contribution < -0.4 is 5.43 Å². The van der Waals surface area contributed by atoms with Crippen molar-refractivity contribution in [3.05, 3.63) is 70.2 Å². The number of halogens is 1. The van der Waals surface area contributed by atoms with E-state index in [-0.39, 0.29) is 5.91 Å². The van der Waals surface area contributed by atoms with E-state index < -0.39 is 0 Å². The molecular formula is C17H17BrN2O. The smallest absolute Gasteiger partial charge is 0.267 e. The maximum Gasteiger partial charge on any atom is 0.271 e. The fraction of sp³-hybridized carbons (Fsp3) is 0.176. The van der Waals surface area contributed by atoms with Crippen molar-refractivity contribution in [2.24, 2.45) is 5.10 Å². The van der Waals surface area contributed by atoms with Gasteiger partial charge in [0.1, 0.15) is 0 Å². The highest BCUT2D eigenvalue weighted by Crippen LogP contribution is 2.11. The third-order valence-corrected chi connectivity index (χ3v) is 3.55. The lowest BCUT2D eigenvalue weighted by Gasteiger charge is -2.05. The predicted molar refractivity (Wildman–Crippen MR) is 89.5 cm³/mol. The van der Waals surface area contributed by atoms with Crippen LogP contribution in [0.5, 0.6) is 0 Å². The van der Waals surface area contributed by atoms with Gasteiger partial charge < -0.3 is 0 Å².